The molecule has 0 amide bonds. The third kappa shape index (κ3) is 8.47. The molecule has 3 aromatic rings. The quantitative estimate of drug-likeness (QED) is 0.0750. The van der Waals surface area contributed by atoms with Crippen molar-refractivity contribution in [3.8, 4) is 11.5 Å². The van der Waals surface area contributed by atoms with Gasteiger partial charge in [-0.15, -0.1) is 0 Å². The standard InChI is InChI=1S/C32H41IO6/c1-5-9-14-22(7-3)20-36-31(34)38-29-24-16-11-12-17-25(24)30(28-26(29)18-13-19-27(28)33)39-32(35)37-21-23(8-4)15-10-6-2/h11-13,16-19,22-23H,5-10,14-15,20-21H2,1-4H3. The molecule has 3 aromatic carbocycles. The van der Waals surface area contributed by atoms with Crippen LogP contribution >= 0.6 is 22.6 Å². The Balaban J connectivity index is 1.90. The van der Waals surface area contributed by atoms with Crippen LogP contribution in [0.5, 0.6) is 11.5 Å². The molecule has 6 nitrogen and oxygen atoms in total. The molecule has 0 aliphatic heterocycles. The van der Waals surface area contributed by atoms with E-state index in [1.165, 1.54) is 0 Å². The molecule has 0 bridgehead atoms. The van der Waals surface area contributed by atoms with E-state index in [4.69, 9.17) is 18.9 Å². The van der Waals surface area contributed by atoms with Crippen LogP contribution in [-0.4, -0.2) is 25.5 Å². The van der Waals surface area contributed by atoms with Crippen LogP contribution in [0.1, 0.15) is 79.1 Å². The number of ether oxygens (including phenoxy) is 4. The van der Waals surface area contributed by atoms with E-state index in [-0.39, 0.29) is 0 Å². The average molecular weight is 649 g/mol. The molecule has 3 rings (SSSR count). The summed E-state index contributed by atoms with van der Waals surface area (Å²) in [5, 5.41) is 2.65. The summed E-state index contributed by atoms with van der Waals surface area (Å²) in [6, 6.07) is 13.1. The van der Waals surface area contributed by atoms with Crippen LogP contribution in [0.25, 0.3) is 21.5 Å². The fraction of sp³-hybridized carbons (Fsp3) is 0.500. The molecule has 212 valence electrons. The summed E-state index contributed by atoms with van der Waals surface area (Å²) in [5.74, 6) is 1.39. The molecule has 0 radical (unpaired) electrons. The molecule has 2 atom stereocenters. The third-order valence-corrected chi connectivity index (χ3v) is 8.13. The second-order valence-corrected chi connectivity index (χ2v) is 11.2. The maximum Gasteiger partial charge on any atom is 0.513 e. The smallest absolute Gasteiger partial charge is 0.434 e. The fourth-order valence-corrected chi connectivity index (χ4v) is 5.46. The number of benzene rings is 3. The lowest BCUT2D eigenvalue weighted by Crippen LogP contribution is -2.18. The first-order valence-electron chi connectivity index (χ1n) is 14.2. The molecule has 39 heavy (non-hydrogen) atoms. The summed E-state index contributed by atoms with van der Waals surface area (Å²) >= 11 is 2.21. The average Bonchev–Trinajstić information content (AvgIpc) is 2.95. The maximum absolute atomic E-state index is 12.9. The summed E-state index contributed by atoms with van der Waals surface area (Å²) in [6.07, 6.45) is 6.87. The van der Waals surface area contributed by atoms with E-state index < -0.39 is 12.3 Å². The first-order valence-corrected chi connectivity index (χ1v) is 15.3. The lowest BCUT2D eigenvalue weighted by Gasteiger charge is -2.19. The van der Waals surface area contributed by atoms with E-state index in [9.17, 15) is 9.59 Å². The lowest BCUT2D eigenvalue weighted by molar-refractivity contribution is 0.0805. The van der Waals surface area contributed by atoms with Gasteiger partial charge in [-0.3, -0.25) is 0 Å². The Bertz CT molecular complexity index is 1240. The summed E-state index contributed by atoms with van der Waals surface area (Å²) in [4.78, 5) is 25.7. The van der Waals surface area contributed by atoms with E-state index in [2.05, 4.69) is 50.3 Å². The molecule has 0 saturated carbocycles. The van der Waals surface area contributed by atoms with Gasteiger partial charge in [0.15, 0.2) is 11.5 Å². The van der Waals surface area contributed by atoms with Crippen LogP contribution < -0.4 is 9.47 Å². The van der Waals surface area contributed by atoms with Gasteiger partial charge in [-0.05, 0) is 53.3 Å². The zero-order valence-electron chi connectivity index (χ0n) is 23.6. The third-order valence-electron chi connectivity index (χ3n) is 7.23. The highest BCUT2D eigenvalue weighted by Crippen LogP contribution is 2.44. The van der Waals surface area contributed by atoms with Crippen molar-refractivity contribution in [1.82, 2.24) is 0 Å². The number of hydrogen-bond acceptors (Lipinski definition) is 6. The summed E-state index contributed by atoms with van der Waals surface area (Å²) < 4.78 is 23.7. The van der Waals surface area contributed by atoms with Crippen LogP contribution in [0.15, 0.2) is 42.5 Å². The second kappa shape index (κ2) is 15.9. The molecule has 0 heterocycles. The van der Waals surface area contributed by atoms with Gasteiger partial charge >= 0.3 is 12.3 Å². The highest BCUT2D eigenvalue weighted by molar-refractivity contribution is 14.1. The second-order valence-electron chi connectivity index (χ2n) is 10.0. The number of rotatable bonds is 14. The topological polar surface area (TPSA) is 71.1 Å². The largest absolute Gasteiger partial charge is 0.513 e. The van der Waals surface area contributed by atoms with Crippen molar-refractivity contribution < 1.29 is 28.5 Å². The zero-order chi connectivity index (χ0) is 28.2. The van der Waals surface area contributed by atoms with E-state index >= 15 is 0 Å². The van der Waals surface area contributed by atoms with Crippen LogP contribution in [0.4, 0.5) is 9.59 Å². The Morgan fingerprint density at radius 2 is 1.18 bits per heavy atom. The van der Waals surface area contributed by atoms with Gasteiger partial charge < -0.3 is 18.9 Å². The van der Waals surface area contributed by atoms with Crippen molar-refractivity contribution >= 4 is 56.4 Å². The minimum absolute atomic E-state index is 0.308. The van der Waals surface area contributed by atoms with Crippen molar-refractivity contribution in [2.75, 3.05) is 13.2 Å². The maximum atomic E-state index is 12.9. The highest BCUT2D eigenvalue weighted by Gasteiger charge is 2.23. The normalized spacial score (nSPS) is 12.7. The predicted octanol–water partition coefficient (Wildman–Crippen LogP) is 10.1. The fourth-order valence-electron chi connectivity index (χ4n) is 4.71. The van der Waals surface area contributed by atoms with Gasteiger partial charge in [0.2, 0.25) is 0 Å². The first kappa shape index (κ1) is 31.0. The Morgan fingerprint density at radius 3 is 1.69 bits per heavy atom. The predicted molar refractivity (Wildman–Crippen MR) is 165 cm³/mol. The summed E-state index contributed by atoms with van der Waals surface area (Å²) in [5.41, 5.74) is 0. The lowest BCUT2D eigenvalue weighted by atomic mass is 10.0. The van der Waals surface area contributed by atoms with Crippen LogP contribution in [-0.2, 0) is 9.47 Å². The van der Waals surface area contributed by atoms with Crippen molar-refractivity contribution in [2.24, 2.45) is 11.8 Å². The van der Waals surface area contributed by atoms with E-state index in [1.807, 2.05) is 42.5 Å². The molecule has 0 saturated heterocycles. The molecule has 0 fully saturated rings. The van der Waals surface area contributed by atoms with Crippen LogP contribution in [0.2, 0.25) is 0 Å². The van der Waals surface area contributed by atoms with Gasteiger partial charge in [0.05, 0.1) is 13.2 Å². The molecule has 7 heteroatoms. The number of carbonyl (C=O) groups excluding carboxylic acids is 2. The molecular formula is C32H41IO6. The van der Waals surface area contributed by atoms with Crippen molar-refractivity contribution in [3.63, 3.8) is 0 Å². The van der Waals surface area contributed by atoms with Crippen LogP contribution in [0.3, 0.4) is 0 Å². The van der Waals surface area contributed by atoms with Gasteiger partial charge in [0.25, 0.3) is 0 Å². The molecule has 0 aliphatic rings. The molecule has 2 unspecified atom stereocenters. The van der Waals surface area contributed by atoms with Crippen LogP contribution in [0, 0.1) is 15.4 Å². The number of hydrogen-bond donors (Lipinski definition) is 0. The SMILES string of the molecule is CCCCC(CC)COC(=O)Oc1c2ccccc2c(OC(=O)OCC(CC)CCCC)c2c(I)cccc12. The van der Waals surface area contributed by atoms with Gasteiger partial charge in [0.1, 0.15) is 0 Å². The highest BCUT2D eigenvalue weighted by atomic mass is 127. The number of carbonyl (C=O) groups is 2. The molecule has 0 aliphatic carbocycles. The van der Waals surface area contributed by atoms with Gasteiger partial charge in [-0.25, -0.2) is 9.59 Å². The zero-order valence-corrected chi connectivity index (χ0v) is 25.8. The van der Waals surface area contributed by atoms with Gasteiger partial charge in [0, 0.05) is 25.1 Å². The van der Waals surface area contributed by atoms with Crippen molar-refractivity contribution in [3.05, 3.63) is 46.0 Å². The Labute approximate surface area is 245 Å². The Morgan fingerprint density at radius 1 is 0.692 bits per heavy atom. The molecule has 0 aromatic heterocycles. The van der Waals surface area contributed by atoms with Gasteiger partial charge in [-0.2, -0.15) is 0 Å². The van der Waals surface area contributed by atoms with E-state index in [0.717, 1.165) is 54.9 Å². The minimum atomic E-state index is -0.735. The Hall–Kier alpha value is -2.55. The monoisotopic (exact) mass is 648 g/mol. The van der Waals surface area contributed by atoms with Gasteiger partial charge in [-0.1, -0.05) is 103 Å². The molecular weight excluding hydrogens is 607 g/mol. The number of unbranched alkanes of at least 4 members (excludes halogenated alkanes) is 2. The molecule has 0 spiro atoms. The molecule has 0 N–H and O–H groups in total. The minimum Gasteiger partial charge on any atom is -0.434 e. The number of halogens is 1. The first-order chi connectivity index (χ1) is 18.9. The van der Waals surface area contributed by atoms with E-state index in [0.29, 0.717) is 58.1 Å². The summed E-state index contributed by atoms with van der Waals surface area (Å²) in [7, 11) is 0. The Kier molecular flexibility index (Phi) is 12.6. The number of fused-ring (bicyclic) bond motifs is 2. The van der Waals surface area contributed by atoms with Crippen molar-refractivity contribution in [1.29, 1.82) is 0 Å². The van der Waals surface area contributed by atoms with Crippen molar-refractivity contribution in [2.45, 2.75) is 79.1 Å². The summed E-state index contributed by atoms with van der Waals surface area (Å²) in [6.45, 7) is 9.18. The van der Waals surface area contributed by atoms with E-state index in [1.54, 1.807) is 0 Å².